The molecule has 5 heterocycles. The fourth-order valence-corrected chi connectivity index (χ4v) is 4.82. The summed E-state index contributed by atoms with van der Waals surface area (Å²) >= 11 is 0. The number of nitrogens with zero attached hydrogens (tertiary/aromatic N) is 6. The average Bonchev–Trinajstić information content (AvgIpc) is 3.18. The van der Waals surface area contributed by atoms with Crippen LogP contribution >= 0.6 is 0 Å². The molecule has 4 aromatic heterocycles. The predicted molar refractivity (Wildman–Crippen MR) is 129 cm³/mol. The smallest absolute Gasteiger partial charge is 0.258 e. The number of aryl methyl sites for hydroxylation is 2. The summed E-state index contributed by atoms with van der Waals surface area (Å²) < 4.78 is 3.70. The van der Waals surface area contributed by atoms with Crippen LogP contribution in [0.1, 0.15) is 32.0 Å². The molecule has 7 heteroatoms. The Bertz CT molecular complexity index is 1350. The molecule has 0 bridgehead atoms. The second kappa shape index (κ2) is 8.06. The van der Waals surface area contributed by atoms with E-state index in [2.05, 4.69) is 47.7 Å². The molecule has 1 saturated heterocycles. The number of imidazole rings is 1. The van der Waals surface area contributed by atoms with Gasteiger partial charge in [-0.2, -0.15) is 0 Å². The van der Waals surface area contributed by atoms with Crippen molar-refractivity contribution in [3.63, 3.8) is 0 Å². The third-order valence-electron chi connectivity index (χ3n) is 6.60. The van der Waals surface area contributed by atoms with Gasteiger partial charge in [-0.3, -0.25) is 14.1 Å². The Morgan fingerprint density at radius 3 is 2.66 bits per heavy atom. The van der Waals surface area contributed by atoms with E-state index in [1.165, 1.54) is 0 Å². The summed E-state index contributed by atoms with van der Waals surface area (Å²) in [5.41, 5.74) is 6.38. The van der Waals surface area contributed by atoms with Gasteiger partial charge < -0.3 is 9.30 Å². The first kappa shape index (κ1) is 20.7. The highest BCUT2D eigenvalue weighted by Gasteiger charge is 2.23. The van der Waals surface area contributed by atoms with E-state index in [1.54, 1.807) is 10.5 Å². The fourth-order valence-electron chi connectivity index (χ4n) is 4.82. The maximum Gasteiger partial charge on any atom is 0.258 e. The van der Waals surface area contributed by atoms with Crippen LogP contribution in [0.4, 0.5) is 5.69 Å². The highest BCUT2D eigenvalue weighted by atomic mass is 16.1. The zero-order chi connectivity index (χ0) is 22.4. The molecule has 32 heavy (non-hydrogen) atoms. The minimum Gasteiger partial charge on any atom is -0.367 e. The summed E-state index contributed by atoms with van der Waals surface area (Å²) in [4.78, 5) is 27.4. The molecule has 0 spiro atoms. The Morgan fingerprint density at radius 2 is 1.91 bits per heavy atom. The summed E-state index contributed by atoms with van der Waals surface area (Å²) in [5, 5.41) is 0. The van der Waals surface area contributed by atoms with Crippen LogP contribution in [-0.2, 0) is 6.42 Å². The summed E-state index contributed by atoms with van der Waals surface area (Å²) in [6, 6.07) is 8.27. The summed E-state index contributed by atoms with van der Waals surface area (Å²) in [5.74, 6) is 0. The van der Waals surface area contributed by atoms with E-state index < -0.39 is 0 Å². The van der Waals surface area contributed by atoms with Gasteiger partial charge in [-0.1, -0.05) is 13.8 Å². The van der Waals surface area contributed by atoms with Gasteiger partial charge in [-0.25, -0.2) is 9.97 Å². The normalized spacial score (nSPS) is 17.5. The van der Waals surface area contributed by atoms with Crippen molar-refractivity contribution >= 4 is 17.0 Å². The Balaban J connectivity index is 1.53. The summed E-state index contributed by atoms with van der Waals surface area (Å²) in [6.07, 6.45) is 6.82. The van der Waals surface area contributed by atoms with Crippen molar-refractivity contribution in [2.24, 2.45) is 0 Å². The molecule has 1 aliphatic heterocycles. The van der Waals surface area contributed by atoms with Gasteiger partial charge >= 0.3 is 0 Å². The minimum absolute atomic E-state index is 0.0629. The summed E-state index contributed by atoms with van der Waals surface area (Å²) in [6.45, 7) is 12.6. The maximum absolute atomic E-state index is 13.1. The number of piperazine rings is 1. The van der Waals surface area contributed by atoms with Crippen molar-refractivity contribution in [1.29, 1.82) is 0 Å². The van der Waals surface area contributed by atoms with Gasteiger partial charge in [0.1, 0.15) is 11.3 Å². The van der Waals surface area contributed by atoms with Crippen LogP contribution in [0.5, 0.6) is 0 Å². The van der Waals surface area contributed by atoms with E-state index in [0.717, 1.165) is 60.8 Å². The van der Waals surface area contributed by atoms with E-state index in [4.69, 9.17) is 4.98 Å². The number of hydrogen-bond donors (Lipinski definition) is 0. The molecule has 1 aliphatic rings. The van der Waals surface area contributed by atoms with Gasteiger partial charge in [-0.15, -0.1) is 0 Å². The van der Waals surface area contributed by atoms with Crippen LogP contribution in [-0.4, -0.2) is 55.9 Å². The lowest BCUT2D eigenvalue weighted by Gasteiger charge is -2.40. The third-order valence-corrected chi connectivity index (χ3v) is 6.60. The quantitative estimate of drug-likeness (QED) is 0.497. The second-order valence-electron chi connectivity index (χ2n) is 8.74. The molecule has 0 radical (unpaired) electrons. The van der Waals surface area contributed by atoms with Crippen LogP contribution in [0.3, 0.4) is 0 Å². The lowest BCUT2D eigenvalue weighted by atomic mass is 10.1. The number of fused-ring (bicyclic) bond motifs is 2. The van der Waals surface area contributed by atoms with Gasteiger partial charge in [0.2, 0.25) is 0 Å². The first-order valence-electron chi connectivity index (χ1n) is 11.5. The third kappa shape index (κ3) is 3.56. The molecule has 0 unspecified atom stereocenters. The standard InChI is InChI=1S/C25H30N6O/c1-5-19-11-20(15-30-13-17(3)26-25(19)30)22-12-24(32)31-16-21(7-8-23(31)27-22)29-10-9-28(6-2)18(4)14-29/h7-8,11-13,15-16,18H,5-6,9-10,14H2,1-4H3/t18-/m1/s1. The summed E-state index contributed by atoms with van der Waals surface area (Å²) in [7, 11) is 0. The maximum atomic E-state index is 13.1. The van der Waals surface area contributed by atoms with Crippen LogP contribution in [0.2, 0.25) is 0 Å². The van der Waals surface area contributed by atoms with Crippen molar-refractivity contribution in [2.75, 3.05) is 31.1 Å². The van der Waals surface area contributed by atoms with Crippen LogP contribution in [0.25, 0.3) is 22.6 Å². The number of aromatic nitrogens is 4. The largest absolute Gasteiger partial charge is 0.367 e. The number of likely N-dealkylation sites (N-methyl/N-ethyl adjacent to an activating group) is 1. The lowest BCUT2D eigenvalue weighted by molar-refractivity contribution is 0.199. The Morgan fingerprint density at radius 1 is 1.06 bits per heavy atom. The molecule has 0 N–H and O–H groups in total. The molecule has 1 fully saturated rings. The molecule has 166 valence electrons. The fraction of sp³-hybridized carbons (Fsp3) is 0.400. The van der Waals surface area contributed by atoms with E-state index >= 15 is 0 Å². The highest BCUT2D eigenvalue weighted by molar-refractivity contribution is 5.66. The Hall–Kier alpha value is -3.19. The molecular formula is C25H30N6O. The van der Waals surface area contributed by atoms with Crippen LogP contribution < -0.4 is 10.5 Å². The zero-order valence-electron chi connectivity index (χ0n) is 19.2. The van der Waals surface area contributed by atoms with E-state index in [-0.39, 0.29) is 5.56 Å². The molecule has 0 saturated carbocycles. The van der Waals surface area contributed by atoms with Gasteiger partial charge in [-0.05, 0) is 50.6 Å². The lowest BCUT2D eigenvalue weighted by Crippen LogP contribution is -2.51. The molecule has 1 atom stereocenters. The Labute approximate surface area is 187 Å². The van der Waals surface area contributed by atoms with Crippen LogP contribution in [0, 0.1) is 6.92 Å². The molecule has 0 aliphatic carbocycles. The van der Waals surface area contributed by atoms with Gasteiger partial charge in [0.25, 0.3) is 5.56 Å². The predicted octanol–water partition coefficient (Wildman–Crippen LogP) is 3.41. The first-order valence-corrected chi connectivity index (χ1v) is 11.5. The molecular weight excluding hydrogens is 400 g/mol. The topological polar surface area (TPSA) is 58.2 Å². The zero-order valence-corrected chi connectivity index (χ0v) is 19.2. The monoisotopic (exact) mass is 430 g/mol. The molecule has 0 amide bonds. The number of anilines is 1. The SMILES string of the molecule is CCc1cc(-c2cc(=O)n3cc(N4CCN(CC)[C@H](C)C4)ccc3n2)cn2cc(C)nc12. The van der Waals surface area contributed by atoms with E-state index in [0.29, 0.717) is 17.4 Å². The highest BCUT2D eigenvalue weighted by Crippen LogP contribution is 2.24. The van der Waals surface area contributed by atoms with Crippen molar-refractivity contribution in [3.05, 3.63) is 64.5 Å². The van der Waals surface area contributed by atoms with Gasteiger partial charge in [0, 0.05) is 55.9 Å². The van der Waals surface area contributed by atoms with Crippen molar-refractivity contribution in [2.45, 2.75) is 40.2 Å². The second-order valence-corrected chi connectivity index (χ2v) is 8.74. The number of hydrogen-bond acceptors (Lipinski definition) is 5. The van der Waals surface area contributed by atoms with Crippen LogP contribution in [0.15, 0.2) is 47.7 Å². The van der Waals surface area contributed by atoms with Gasteiger partial charge in [0.15, 0.2) is 0 Å². The first-order chi connectivity index (χ1) is 15.5. The Kier molecular flexibility index (Phi) is 5.21. The van der Waals surface area contributed by atoms with Gasteiger partial charge in [0.05, 0.1) is 17.1 Å². The molecule has 4 aromatic rings. The number of pyridine rings is 2. The molecule has 7 nitrogen and oxygen atoms in total. The van der Waals surface area contributed by atoms with E-state index in [9.17, 15) is 4.79 Å². The van der Waals surface area contributed by atoms with Crippen molar-refractivity contribution in [1.82, 2.24) is 23.7 Å². The average molecular weight is 431 g/mol. The van der Waals surface area contributed by atoms with Crippen molar-refractivity contribution in [3.8, 4) is 11.3 Å². The minimum atomic E-state index is -0.0629. The molecule has 0 aromatic carbocycles. The molecule has 5 rings (SSSR count). The van der Waals surface area contributed by atoms with E-state index in [1.807, 2.05) is 36.0 Å². The number of rotatable bonds is 4. The van der Waals surface area contributed by atoms with Crippen molar-refractivity contribution < 1.29 is 0 Å².